The second-order valence-electron chi connectivity index (χ2n) is 6.13. The molecule has 0 saturated carbocycles. The van der Waals surface area contributed by atoms with E-state index in [1.165, 1.54) is 0 Å². The Kier molecular flexibility index (Phi) is 7.12. The molecule has 0 aliphatic carbocycles. The van der Waals surface area contributed by atoms with Crippen molar-refractivity contribution in [1.29, 1.82) is 0 Å². The van der Waals surface area contributed by atoms with Crippen LogP contribution in [0.2, 0.25) is 5.02 Å². The zero-order chi connectivity index (χ0) is 15.9. The largest absolute Gasteiger partial charge is 0.387 e. The summed E-state index contributed by atoms with van der Waals surface area (Å²) >= 11 is 5.98. The molecule has 5 heteroatoms. The van der Waals surface area contributed by atoms with Gasteiger partial charge in [0, 0.05) is 44.3 Å². The van der Waals surface area contributed by atoms with Crippen molar-refractivity contribution in [1.82, 2.24) is 9.80 Å². The minimum Gasteiger partial charge on any atom is -0.387 e. The first-order chi connectivity index (χ1) is 10.5. The summed E-state index contributed by atoms with van der Waals surface area (Å²) in [7, 11) is 0. The number of ether oxygens (including phenoxy) is 1. The summed E-state index contributed by atoms with van der Waals surface area (Å²) < 4.78 is 5.60. The zero-order valence-electron chi connectivity index (χ0n) is 13.5. The molecule has 1 aromatic carbocycles. The van der Waals surface area contributed by atoms with Crippen LogP contribution in [0, 0.1) is 0 Å². The number of hydrogen-bond donors (Lipinski definition) is 1. The lowest BCUT2D eigenvalue weighted by molar-refractivity contribution is 0.0347. The van der Waals surface area contributed by atoms with Gasteiger partial charge in [0.25, 0.3) is 0 Å². The molecule has 0 spiro atoms. The number of halogens is 1. The van der Waals surface area contributed by atoms with E-state index < -0.39 is 6.10 Å². The topological polar surface area (TPSA) is 35.9 Å². The number of β-amino-alcohol motifs (C(OH)–C–C–N with tert-alkyl or cyclic N) is 1. The number of aliphatic hydroxyl groups excluding tert-OH is 1. The monoisotopic (exact) mass is 326 g/mol. The van der Waals surface area contributed by atoms with Crippen LogP contribution in [0.1, 0.15) is 25.5 Å². The molecule has 22 heavy (non-hydrogen) atoms. The van der Waals surface area contributed by atoms with Crippen LogP contribution < -0.4 is 0 Å². The summed E-state index contributed by atoms with van der Waals surface area (Å²) in [5, 5.41) is 11.0. The van der Waals surface area contributed by atoms with Crippen molar-refractivity contribution in [2.75, 3.05) is 45.9 Å². The summed E-state index contributed by atoms with van der Waals surface area (Å²) in [5.74, 6) is 0. The molecule has 0 bridgehead atoms. The Morgan fingerprint density at radius 2 is 1.86 bits per heavy atom. The number of nitrogens with zero attached hydrogens (tertiary/aromatic N) is 2. The molecule has 1 aliphatic rings. The maximum absolute atomic E-state index is 10.3. The van der Waals surface area contributed by atoms with Crippen LogP contribution in [0.5, 0.6) is 0 Å². The van der Waals surface area contributed by atoms with Crippen LogP contribution in [0.15, 0.2) is 24.3 Å². The van der Waals surface area contributed by atoms with E-state index in [1.807, 2.05) is 24.3 Å². The van der Waals surface area contributed by atoms with E-state index in [9.17, 15) is 5.11 Å². The predicted molar refractivity (Wildman–Crippen MR) is 90.4 cm³/mol. The third-order valence-corrected chi connectivity index (χ3v) is 4.22. The first-order valence-corrected chi connectivity index (χ1v) is 8.42. The molecule has 124 valence electrons. The van der Waals surface area contributed by atoms with Crippen molar-refractivity contribution < 1.29 is 9.84 Å². The normalized spacial score (nSPS) is 18.8. The van der Waals surface area contributed by atoms with Gasteiger partial charge >= 0.3 is 0 Å². The first-order valence-electron chi connectivity index (χ1n) is 8.04. The fraction of sp³-hybridized carbons (Fsp3) is 0.647. The van der Waals surface area contributed by atoms with Gasteiger partial charge in [-0.05, 0) is 31.5 Å². The molecule has 2 rings (SSSR count). The smallest absolute Gasteiger partial charge is 0.0917 e. The standard InChI is InChI=1S/C17H27ClN2O2/c1-14(2)22-11-10-19-6-8-20(9-7-19)13-17(21)15-4-3-5-16(18)12-15/h3-5,12,14,17,21H,6-11,13H2,1-2H3. The zero-order valence-corrected chi connectivity index (χ0v) is 14.3. The molecule has 1 fully saturated rings. The fourth-order valence-electron chi connectivity index (χ4n) is 2.68. The van der Waals surface area contributed by atoms with Gasteiger partial charge in [-0.2, -0.15) is 0 Å². The molecule has 1 N–H and O–H groups in total. The van der Waals surface area contributed by atoms with Crippen LogP contribution in [-0.4, -0.2) is 66.9 Å². The maximum Gasteiger partial charge on any atom is 0.0917 e. The summed E-state index contributed by atoms with van der Waals surface area (Å²) in [5.41, 5.74) is 0.889. The molecular formula is C17H27ClN2O2. The highest BCUT2D eigenvalue weighted by Crippen LogP contribution is 2.19. The molecule has 1 aromatic rings. The molecule has 1 heterocycles. The van der Waals surface area contributed by atoms with Crippen molar-refractivity contribution in [2.45, 2.75) is 26.1 Å². The number of benzene rings is 1. The van der Waals surface area contributed by atoms with Gasteiger partial charge in [-0.3, -0.25) is 9.80 Å². The summed E-state index contributed by atoms with van der Waals surface area (Å²) in [6.07, 6.45) is -0.177. The lowest BCUT2D eigenvalue weighted by Gasteiger charge is -2.35. The second kappa shape index (κ2) is 8.85. The summed E-state index contributed by atoms with van der Waals surface area (Å²) in [4.78, 5) is 4.73. The van der Waals surface area contributed by atoms with Gasteiger partial charge in [-0.15, -0.1) is 0 Å². The minimum atomic E-state index is -0.477. The number of hydrogen-bond acceptors (Lipinski definition) is 4. The van der Waals surface area contributed by atoms with Gasteiger partial charge in [0.15, 0.2) is 0 Å². The van der Waals surface area contributed by atoms with Gasteiger partial charge < -0.3 is 9.84 Å². The third-order valence-electron chi connectivity index (χ3n) is 3.99. The van der Waals surface area contributed by atoms with Crippen LogP contribution in [0.3, 0.4) is 0 Å². The third kappa shape index (κ3) is 5.86. The van der Waals surface area contributed by atoms with E-state index in [2.05, 4.69) is 23.6 Å². The number of aliphatic hydroxyl groups is 1. The summed E-state index contributed by atoms with van der Waals surface area (Å²) in [6.45, 7) is 10.6. The van der Waals surface area contributed by atoms with Gasteiger partial charge in [0.2, 0.25) is 0 Å². The van der Waals surface area contributed by atoms with Crippen LogP contribution >= 0.6 is 11.6 Å². The molecule has 0 amide bonds. The first kappa shape index (κ1) is 17.7. The van der Waals surface area contributed by atoms with Gasteiger partial charge in [0.05, 0.1) is 18.8 Å². The van der Waals surface area contributed by atoms with Crippen LogP contribution in [-0.2, 0) is 4.74 Å². The lowest BCUT2D eigenvalue weighted by Crippen LogP contribution is -2.48. The SMILES string of the molecule is CC(C)OCCN1CCN(CC(O)c2cccc(Cl)c2)CC1. The lowest BCUT2D eigenvalue weighted by atomic mass is 10.1. The maximum atomic E-state index is 10.3. The molecule has 0 radical (unpaired) electrons. The number of piperazine rings is 1. The fourth-order valence-corrected chi connectivity index (χ4v) is 2.88. The van der Waals surface area contributed by atoms with E-state index in [4.69, 9.17) is 16.3 Å². The van der Waals surface area contributed by atoms with E-state index in [0.717, 1.165) is 44.9 Å². The Hall–Kier alpha value is -0.650. The predicted octanol–water partition coefficient (Wildman–Crippen LogP) is 2.42. The second-order valence-corrected chi connectivity index (χ2v) is 6.57. The quantitative estimate of drug-likeness (QED) is 0.835. The van der Waals surface area contributed by atoms with Crippen molar-refractivity contribution in [3.05, 3.63) is 34.9 Å². The Bertz CT molecular complexity index is 448. The average molecular weight is 327 g/mol. The number of rotatable bonds is 7. The molecule has 1 unspecified atom stereocenters. The van der Waals surface area contributed by atoms with Gasteiger partial charge in [-0.25, -0.2) is 0 Å². The van der Waals surface area contributed by atoms with Gasteiger partial charge in [0.1, 0.15) is 0 Å². The van der Waals surface area contributed by atoms with Gasteiger partial charge in [-0.1, -0.05) is 23.7 Å². The molecule has 1 aliphatic heterocycles. The highest BCUT2D eigenvalue weighted by molar-refractivity contribution is 6.30. The van der Waals surface area contributed by atoms with Crippen LogP contribution in [0.4, 0.5) is 0 Å². The minimum absolute atomic E-state index is 0.300. The van der Waals surface area contributed by atoms with Crippen molar-refractivity contribution in [3.63, 3.8) is 0 Å². The Labute approximate surface area is 138 Å². The molecule has 1 atom stereocenters. The highest BCUT2D eigenvalue weighted by Gasteiger charge is 2.19. The Balaban J connectivity index is 1.71. The van der Waals surface area contributed by atoms with Crippen molar-refractivity contribution >= 4 is 11.6 Å². The van der Waals surface area contributed by atoms with E-state index in [1.54, 1.807) is 0 Å². The summed E-state index contributed by atoms with van der Waals surface area (Å²) in [6, 6.07) is 7.48. The van der Waals surface area contributed by atoms with Crippen LogP contribution in [0.25, 0.3) is 0 Å². The molecular weight excluding hydrogens is 300 g/mol. The molecule has 4 nitrogen and oxygen atoms in total. The van der Waals surface area contributed by atoms with E-state index in [-0.39, 0.29) is 0 Å². The van der Waals surface area contributed by atoms with Crippen molar-refractivity contribution in [2.24, 2.45) is 0 Å². The Morgan fingerprint density at radius 3 is 2.50 bits per heavy atom. The van der Waals surface area contributed by atoms with E-state index >= 15 is 0 Å². The molecule has 1 saturated heterocycles. The Morgan fingerprint density at radius 1 is 1.18 bits per heavy atom. The average Bonchev–Trinajstić information content (AvgIpc) is 2.48. The van der Waals surface area contributed by atoms with E-state index in [0.29, 0.717) is 17.7 Å². The highest BCUT2D eigenvalue weighted by atomic mass is 35.5. The molecule has 0 aromatic heterocycles. The van der Waals surface area contributed by atoms with Crippen molar-refractivity contribution in [3.8, 4) is 0 Å².